The van der Waals surface area contributed by atoms with E-state index >= 15 is 0 Å². The summed E-state index contributed by atoms with van der Waals surface area (Å²) in [5, 5.41) is 13.7. The molecule has 0 aliphatic heterocycles. The molecule has 158 valence electrons. The Labute approximate surface area is 175 Å². The predicted molar refractivity (Wildman–Crippen MR) is 116 cm³/mol. The summed E-state index contributed by atoms with van der Waals surface area (Å²) in [6.07, 6.45) is 0. The van der Waals surface area contributed by atoms with E-state index in [9.17, 15) is 0 Å². The number of rotatable bonds is 8. The largest absolute Gasteiger partial charge is 0.497 e. The molecule has 0 radical (unpaired) electrons. The molecule has 3 aromatic rings. The fraction of sp³-hybridized carbons (Fsp3) is 0.286. The third-order valence-corrected chi connectivity index (χ3v) is 4.25. The maximum Gasteiger partial charge on any atom is 0.195 e. The summed E-state index contributed by atoms with van der Waals surface area (Å²) in [7, 11) is 4.95. The van der Waals surface area contributed by atoms with Gasteiger partial charge in [0.25, 0.3) is 0 Å². The molecule has 0 bridgehead atoms. The molecule has 30 heavy (non-hydrogen) atoms. The van der Waals surface area contributed by atoms with Crippen molar-refractivity contribution in [2.45, 2.75) is 13.5 Å². The van der Waals surface area contributed by atoms with Crippen LogP contribution in [0.4, 0.5) is 5.69 Å². The van der Waals surface area contributed by atoms with E-state index in [-0.39, 0.29) is 0 Å². The molecule has 0 spiro atoms. The van der Waals surface area contributed by atoms with Crippen LogP contribution >= 0.6 is 0 Å². The number of nitrogens with one attached hydrogen (secondary N) is 3. The predicted octanol–water partition coefficient (Wildman–Crippen LogP) is 3.08. The molecule has 0 atom stereocenters. The van der Waals surface area contributed by atoms with Gasteiger partial charge in [-0.1, -0.05) is 0 Å². The standard InChI is InChI=1S/C21H26N6O3/c1-5-30-18-12-15(8-11-17(18)29-4)24-21(22-2)23-13-19-25-20(27-26-19)14-6-9-16(28-3)10-7-14/h6-12H,5,13H2,1-4H3,(H2,22,23,24)(H,25,26,27). The molecular weight excluding hydrogens is 384 g/mol. The van der Waals surface area contributed by atoms with Crippen LogP contribution in [0.25, 0.3) is 11.4 Å². The van der Waals surface area contributed by atoms with E-state index in [0.717, 1.165) is 17.0 Å². The minimum Gasteiger partial charge on any atom is -0.497 e. The first-order valence-electron chi connectivity index (χ1n) is 9.51. The van der Waals surface area contributed by atoms with Crippen molar-refractivity contribution < 1.29 is 14.2 Å². The third kappa shape index (κ3) is 5.19. The van der Waals surface area contributed by atoms with Gasteiger partial charge in [0.2, 0.25) is 0 Å². The van der Waals surface area contributed by atoms with Crippen LogP contribution in [0.15, 0.2) is 47.5 Å². The van der Waals surface area contributed by atoms with E-state index in [1.54, 1.807) is 21.3 Å². The highest BCUT2D eigenvalue weighted by atomic mass is 16.5. The van der Waals surface area contributed by atoms with Gasteiger partial charge < -0.3 is 24.8 Å². The molecule has 0 unspecified atom stereocenters. The summed E-state index contributed by atoms with van der Waals surface area (Å²) in [4.78, 5) is 8.77. The quantitative estimate of drug-likeness (QED) is 0.387. The van der Waals surface area contributed by atoms with Crippen molar-refractivity contribution in [2.75, 3.05) is 33.2 Å². The number of nitrogens with zero attached hydrogens (tertiary/aromatic N) is 3. The van der Waals surface area contributed by atoms with Gasteiger partial charge >= 0.3 is 0 Å². The summed E-state index contributed by atoms with van der Waals surface area (Å²) in [5.74, 6) is 4.03. The molecule has 9 heteroatoms. The highest BCUT2D eigenvalue weighted by Crippen LogP contribution is 2.30. The zero-order valence-corrected chi connectivity index (χ0v) is 17.5. The summed E-state index contributed by atoms with van der Waals surface area (Å²) < 4.78 is 16.1. The van der Waals surface area contributed by atoms with Crippen molar-refractivity contribution in [3.8, 4) is 28.6 Å². The highest BCUT2D eigenvalue weighted by molar-refractivity contribution is 5.93. The zero-order chi connectivity index (χ0) is 21.3. The lowest BCUT2D eigenvalue weighted by atomic mass is 10.2. The van der Waals surface area contributed by atoms with E-state index in [1.807, 2.05) is 49.4 Å². The maximum absolute atomic E-state index is 5.62. The molecule has 0 aliphatic rings. The van der Waals surface area contributed by atoms with Crippen molar-refractivity contribution in [1.82, 2.24) is 20.5 Å². The van der Waals surface area contributed by atoms with Gasteiger partial charge in [-0.3, -0.25) is 10.1 Å². The molecule has 0 saturated carbocycles. The second-order valence-corrected chi connectivity index (χ2v) is 6.18. The molecule has 3 N–H and O–H groups in total. The minimum atomic E-state index is 0.428. The number of hydrogen-bond donors (Lipinski definition) is 3. The van der Waals surface area contributed by atoms with Crippen LogP contribution in [0.1, 0.15) is 12.7 Å². The SMILES string of the molecule is CCOc1cc(NC(=NC)NCc2nc(-c3ccc(OC)cc3)n[nH]2)ccc1OC. The number of aromatic amines is 1. The fourth-order valence-corrected chi connectivity index (χ4v) is 2.75. The van der Waals surface area contributed by atoms with E-state index in [2.05, 4.69) is 30.8 Å². The second-order valence-electron chi connectivity index (χ2n) is 6.18. The van der Waals surface area contributed by atoms with Crippen molar-refractivity contribution in [2.24, 2.45) is 4.99 Å². The van der Waals surface area contributed by atoms with Crippen LogP contribution in [-0.4, -0.2) is 49.0 Å². The Morgan fingerprint density at radius 1 is 1.07 bits per heavy atom. The Morgan fingerprint density at radius 3 is 2.53 bits per heavy atom. The Balaban J connectivity index is 1.62. The Morgan fingerprint density at radius 2 is 1.87 bits per heavy atom. The van der Waals surface area contributed by atoms with Crippen LogP contribution in [-0.2, 0) is 6.54 Å². The van der Waals surface area contributed by atoms with E-state index in [4.69, 9.17) is 14.2 Å². The second kappa shape index (κ2) is 10.1. The van der Waals surface area contributed by atoms with Crippen molar-refractivity contribution >= 4 is 11.6 Å². The number of anilines is 1. The summed E-state index contributed by atoms with van der Waals surface area (Å²) in [6.45, 7) is 2.91. The molecular formula is C21H26N6O3. The van der Waals surface area contributed by atoms with Gasteiger partial charge in [0, 0.05) is 24.4 Å². The summed E-state index contributed by atoms with van der Waals surface area (Å²) >= 11 is 0. The van der Waals surface area contributed by atoms with Crippen LogP contribution < -0.4 is 24.8 Å². The van der Waals surface area contributed by atoms with Crippen LogP contribution in [0.3, 0.4) is 0 Å². The number of ether oxygens (including phenoxy) is 3. The average Bonchev–Trinajstić information content (AvgIpc) is 3.26. The van der Waals surface area contributed by atoms with Crippen LogP contribution in [0.5, 0.6) is 17.2 Å². The van der Waals surface area contributed by atoms with Gasteiger partial charge in [-0.25, -0.2) is 4.98 Å². The first-order chi connectivity index (χ1) is 14.7. The molecule has 9 nitrogen and oxygen atoms in total. The summed E-state index contributed by atoms with van der Waals surface area (Å²) in [6, 6.07) is 13.2. The molecule has 2 aromatic carbocycles. The van der Waals surface area contributed by atoms with Crippen molar-refractivity contribution in [1.29, 1.82) is 0 Å². The zero-order valence-electron chi connectivity index (χ0n) is 17.5. The third-order valence-electron chi connectivity index (χ3n) is 4.25. The van der Waals surface area contributed by atoms with Gasteiger partial charge in [-0.15, -0.1) is 0 Å². The summed E-state index contributed by atoms with van der Waals surface area (Å²) in [5.41, 5.74) is 1.73. The number of aliphatic imine (C=N–C) groups is 1. The number of hydrogen-bond acceptors (Lipinski definition) is 6. The Kier molecular flexibility index (Phi) is 7.09. The number of benzene rings is 2. The average molecular weight is 410 g/mol. The first-order valence-corrected chi connectivity index (χ1v) is 9.51. The van der Waals surface area contributed by atoms with Crippen molar-refractivity contribution in [3.63, 3.8) is 0 Å². The van der Waals surface area contributed by atoms with Crippen LogP contribution in [0.2, 0.25) is 0 Å². The van der Waals surface area contributed by atoms with E-state index in [1.165, 1.54) is 0 Å². The highest BCUT2D eigenvalue weighted by Gasteiger charge is 2.09. The topological polar surface area (TPSA) is 106 Å². The monoisotopic (exact) mass is 410 g/mol. The Bertz CT molecular complexity index is 985. The lowest BCUT2D eigenvalue weighted by Gasteiger charge is -2.14. The fourth-order valence-electron chi connectivity index (χ4n) is 2.75. The molecule has 1 aromatic heterocycles. The Hall–Kier alpha value is -3.75. The van der Waals surface area contributed by atoms with Crippen molar-refractivity contribution in [3.05, 3.63) is 48.3 Å². The molecule has 0 saturated heterocycles. The van der Waals surface area contributed by atoms with Gasteiger partial charge in [-0.2, -0.15) is 5.10 Å². The number of methoxy groups -OCH3 is 2. The minimum absolute atomic E-state index is 0.428. The maximum atomic E-state index is 5.62. The molecule has 0 aliphatic carbocycles. The first kappa shape index (κ1) is 21.0. The smallest absolute Gasteiger partial charge is 0.195 e. The van der Waals surface area contributed by atoms with E-state index < -0.39 is 0 Å². The lowest BCUT2D eigenvalue weighted by molar-refractivity contribution is 0.311. The van der Waals surface area contributed by atoms with Crippen LogP contribution in [0, 0.1) is 0 Å². The molecule has 0 fully saturated rings. The van der Waals surface area contributed by atoms with Gasteiger partial charge in [-0.05, 0) is 43.3 Å². The van der Waals surface area contributed by atoms with Gasteiger partial charge in [0.05, 0.1) is 27.4 Å². The van der Waals surface area contributed by atoms with Gasteiger partial charge in [0.1, 0.15) is 11.6 Å². The molecule has 1 heterocycles. The molecule has 3 rings (SSSR count). The molecule has 0 amide bonds. The lowest BCUT2D eigenvalue weighted by Crippen LogP contribution is -2.30. The van der Waals surface area contributed by atoms with Gasteiger partial charge in [0.15, 0.2) is 23.3 Å². The number of guanidine groups is 1. The normalized spacial score (nSPS) is 11.1. The number of H-pyrrole nitrogens is 1. The number of aromatic nitrogens is 3. The van der Waals surface area contributed by atoms with E-state index in [0.29, 0.717) is 42.3 Å².